The SMILES string of the molecule is O=C1NC2(CCCC2)C(=O)N1CC1(CS)CCCCCC1. The number of carbonyl (C=O) groups is 2. The summed E-state index contributed by atoms with van der Waals surface area (Å²) in [6, 6.07) is -0.174. The molecule has 1 saturated heterocycles. The lowest BCUT2D eigenvalue weighted by atomic mass is 9.81. The van der Waals surface area contributed by atoms with Gasteiger partial charge in [-0.2, -0.15) is 12.6 Å². The van der Waals surface area contributed by atoms with E-state index in [0.29, 0.717) is 6.54 Å². The lowest BCUT2D eigenvalue weighted by molar-refractivity contribution is -0.132. The van der Waals surface area contributed by atoms with Gasteiger partial charge in [0.15, 0.2) is 0 Å². The number of thiol groups is 1. The second kappa shape index (κ2) is 5.82. The van der Waals surface area contributed by atoms with Crippen LogP contribution in [0.1, 0.15) is 64.2 Å². The van der Waals surface area contributed by atoms with Crippen molar-refractivity contribution in [3.63, 3.8) is 0 Å². The van der Waals surface area contributed by atoms with E-state index in [9.17, 15) is 9.59 Å². The van der Waals surface area contributed by atoms with Crippen molar-refractivity contribution in [2.75, 3.05) is 12.3 Å². The van der Waals surface area contributed by atoms with Crippen LogP contribution in [0.3, 0.4) is 0 Å². The minimum absolute atomic E-state index is 0.0235. The average Bonchev–Trinajstić information content (AvgIpc) is 2.93. The second-order valence-corrected chi connectivity index (χ2v) is 7.50. The van der Waals surface area contributed by atoms with Crippen molar-refractivity contribution >= 4 is 24.6 Å². The molecule has 1 heterocycles. The third-order valence-electron chi connectivity index (χ3n) is 5.70. The maximum Gasteiger partial charge on any atom is 0.325 e. The maximum atomic E-state index is 12.8. The molecule has 0 radical (unpaired) electrons. The van der Waals surface area contributed by atoms with Crippen LogP contribution >= 0.6 is 12.6 Å². The first-order valence-corrected chi connectivity index (χ1v) is 8.99. The molecule has 0 atom stereocenters. The third kappa shape index (κ3) is 2.69. The number of imide groups is 1. The van der Waals surface area contributed by atoms with Crippen molar-refractivity contribution in [2.24, 2.45) is 5.41 Å². The molecule has 0 aromatic rings. The summed E-state index contributed by atoms with van der Waals surface area (Å²) in [7, 11) is 0. The minimum Gasteiger partial charge on any atom is -0.323 e. The molecule has 2 aliphatic carbocycles. The first-order chi connectivity index (χ1) is 10.1. The highest BCUT2D eigenvalue weighted by atomic mass is 32.1. The zero-order valence-corrected chi connectivity index (χ0v) is 13.6. The molecule has 0 unspecified atom stereocenters. The Morgan fingerprint density at radius 2 is 1.52 bits per heavy atom. The van der Waals surface area contributed by atoms with Crippen LogP contribution in [0.15, 0.2) is 0 Å². The Hall–Kier alpha value is -0.710. The van der Waals surface area contributed by atoms with Gasteiger partial charge in [-0.05, 0) is 36.9 Å². The van der Waals surface area contributed by atoms with Crippen LogP contribution in [0.25, 0.3) is 0 Å². The van der Waals surface area contributed by atoms with Crippen molar-refractivity contribution in [3.05, 3.63) is 0 Å². The molecule has 2 saturated carbocycles. The molecule has 3 aliphatic rings. The molecule has 4 nitrogen and oxygen atoms in total. The van der Waals surface area contributed by atoms with E-state index >= 15 is 0 Å². The number of amides is 3. The summed E-state index contributed by atoms with van der Waals surface area (Å²) in [6.45, 7) is 0.558. The van der Waals surface area contributed by atoms with E-state index in [2.05, 4.69) is 17.9 Å². The zero-order chi connectivity index (χ0) is 14.9. The highest BCUT2D eigenvalue weighted by Crippen LogP contribution is 2.40. The van der Waals surface area contributed by atoms with Gasteiger partial charge in [0.2, 0.25) is 0 Å². The Morgan fingerprint density at radius 3 is 2.10 bits per heavy atom. The van der Waals surface area contributed by atoms with Crippen molar-refractivity contribution in [1.29, 1.82) is 0 Å². The van der Waals surface area contributed by atoms with Crippen LogP contribution in [0.2, 0.25) is 0 Å². The number of nitrogens with zero attached hydrogens (tertiary/aromatic N) is 1. The van der Waals surface area contributed by atoms with E-state index in [-0.39, 0.29) is 17.4 Å². The Bertz CT molecular complexity index is 424. The van der Waals surface area contributed by atoms with E-state index in [0.717, 1.165) is 44.3 Å². The molecular formula is C16H26N2O2S. The van der Waals surface area contributed by atoms with Gasteiger partial charge in [-0.1, -0.05) is 38.5 Å². The Balaban J connectivity index is 1.76. The molecule has 0 bridgehead atoms. The summed E-state index contributed by atoms with van der Waals surface area (Å²) in [4.78, 5) is 26.6. The largest absolute Gasteiger partial charge is 0.325 e. The summed E-state index contributed by atoms with van der Waals surface area (Å²) in [5.74, 6) is 0.784. The third-order valence-corrected chi connectivity index (χ3v) is 6.37. The van der Waals surface area contributed by atoms with E-state index in [1.807, 2.05) is 0 Å². The molecule has 1 N–H and O–H groups in total. The van der Waals surface area contributed by atoms with Crippen molar-refractivity contribution in [2.45, 2.75) is 69.7 Å². The van der Waals surface area contributed by atoms with Gasteiger partial charge in [-0.3, -0.25) is 9.69 Å². The number of carbonyl (C=O) groups excluding carboxylic acids is 2. The Kier molecular flexibility index (Phi) is 4.21. The molecule has 0 aromatic carbocycles. The quantitative estimate of drug-likeness (QED) is 0.478. The molecule has 0 aromatic heterocycles. The normalized spacial score (nSPS) is 28.0. The zero-order valence-electron chi connectivity index (χ0n) is 12.7. The second-order valence-electron chi connectivity index (χ2n) is 7.18. The molecule has 1 aliphatic heterocycles. The fraction of sp³-hybridized carbons (Fsp3) is 0.875. The molecule has 3 amide bonds. The topological polar surface area (TPSA) is 49.4 Å². The van der Waals surface area contributed by atoms with Gasteiger partial charge in [-0.15, -0.1) is 0 Å². The number of urea groups is 1. The standard InChI is InChI=1S/C16H26N2O2S/c19-13-16(9-5-6-10-16)17-14(20)18(13)11-15(12-21)7-3-1-2-4-8-15/h21H,1-12H2,(H,17,20). The summed E-state index contributed by atoms with van der Waals surface area (Å²) in [5.41, 5.74) is -0.545. The van der Waals surface area contributed by atoms with Crippen LogP contribution < -0.4 is 5.32 Å². The number of hydrogen-bond acceptors (Lipinski definition) is 3. The van der Waals surface area contributed by atoms with Crippen LogP contribution in [-0.4, -0.2) is 34.7 Å². The number of rotatable bonds is 3. The van der Waals surface area contributed by atoms with Gasteiger partial charge < -0.3 is 5.32 Å². The van der Waals surface area contributed by atoms with Gasteiger partial charge >= 0.3 is 6.03 Å². The first kappa shape index (κ1) is 15.2. The first-order valence-electron chi connectivity index (χ1n) is 8.36. The van der Waals surface area contributed by atoms with Crippen molar-refractivity contribution in [1.82, 2.24) is 10.2 Å². The number of hydrogen-bond donors (Lipinski definition) is 2. The highest BCUT2D eigenvalue weighted by molar-refractivity contribution is 7.80. The monoisotopic (exact) mass is 310 g/mol. The lowest BCUT2D eigenvalue weighted by Crippen LogP contribution is -2.46. The van der Waals surface area contributed by atoms with E-state index < -0.39 is 5.54 Å². The molecule has 5 heteroatoms. The molecule has 1 spiro atoms. The van der Waals surface area contributed by atoms with E-state index in [4.69, 9.17) is 0 Å². The van der Waals surface area contributed by atoms with Crippen LogP contribution in [-0.2, 0) is 4.79 Å². The van der Waals surface area contributed by atoms with Crippen molar-refractivity contribution < 1.29 is 9.59 Å². The fourth-order valence-corrected chi connectivity index (χ4v) is 4.73. The average molecular weight is 310 g/mol. The summed E-state index contributed by atoms with van der Waals surface area (Å²) in [5, 5.41) is 2.99. The molecular weight excluding hydrogens is 284 g/mol. The van der Waals surface area contributed by atoms with Crippen LogP contribution in [0.5, 0.6) is 0 Å². The van der Waals surface area contributed by atoms with E-state index in [1.165, 1.54) is 30.6 Å². The molecule has 3 rings (SSSR count). The molecule has 21 heavy (non-hydrogen) atoms. The van der Waals surface area contributed by atoms with Gasteiger partial charge in [0.1, 0.15) is 5.54 Å². The summed E-state index contributed by atoms with van der Waals surface area (Å²) < 4.78 is 0. The van der Waals surface area contributed by atoms with Gasteiger partial charge in [0.25, 0.3) is 5.91 Å². The predicted molar refractivity (Wildman–Crippen MR) is 85.4 cm³/mol. The smallest absolute Gasteiger partial charge is 0.323 e. The van der Waals surface area contributed by atoms with Crippen LogP contribution in [0, 0.1) is 5.41 Å². The maximum absolute atomic E-state index is 12.8. The highest BCUT2D eigenvalue weighted by Gasteiger charge is 2.53. The summed E-state index contributed by atoms with van der Waals surface area (Å²) in [6.07, 6.45) is 10.8. The Morgan fingerprint density at radius 1 is 0.952 bits per heavy atom. The van der Waals surface area contributed by atoms with Gasteiger partial charge in [0, 0.05) is 6.54 Å². The summed E-state index contributed by atoms with van der Waals surface area (Å²) >= 11 is 4.56. The molecule has 118 valence electrons. The fourth-order valence-electron chi connectivity index (χ4n) is 4.32. The van der Waals surface area contributed by atoms with Crippen molar-refractivity contribution in [3.8, 4) is 0 Å². The van der Waals surface area contributed by atoms with Gasteiger partial charge in [0.05, 0.1) is 0 Å². The Labute approximate surface area is 132 Å². The van der Waals surface area contributed by atoms with Crippen LogP contribution in [0.4, 0.5) is 4.79 Å². The lowest BCUT2D eigenvalue weighted by Gasteiger charge is -2.34. The minimum atomic E-state index is -0.570. The van der Waals surface area contributed by atoms with E-state index in [1.54, 1.807) is 0 Å². The number of nitrogens with one attached hydrogen (secondary N) is 1. The predicted octanol–water partition coefficient (Wildman–Crippen LogP) is 3.12. The molecule has 3 fully saturated rings. The van der Waals surface area contributed by atoms with Gasteiger partial charge in [-0.25, -0.2) is 4.79 Å².